The Kier molecular flexibility index (Phi) is 4.41. The van der Waals surface area contributed by atoms with Crippen molar-refractivity contribution in [2.24, 2.45) is 17.6 Å². The van der Waals surface area contributed by atoms with Crippen LogP contribution < -0.4 is 16.4 Å². The predicted octanol–water partition coefficient (Wildman–Crippen LogP) is 1.70. The maximum Gasteiger partial charge on any atom is 0.343 e. The van der Waals surface area contributed by atoms with Crippen LogP contribution in [0.25, 0.3) is 0 Å². The Morgan fingerprint density at radius 1 is 1.33 bits per heavy atom. The molecule has 2 rings (SSSR count). The predicted molar refractivity (Wildman–Crippen MR) is 83.7 cm³/mol. The molecule has 1 fully saturated rings. The Morgan fingerprint density at radius 3 is 2.38 bits per heavy atom. The fourth-order valence-electron chi connectivity index (χ4n) is 2.53. The minimum atomic E-state index is -0.616. The van der Waals surface area contributed by atoms with Crippen LogP contribution in [0.3, 0.4) is 0 Å². The van der Waals surface area contributed by atoms with E-state index in [1.807, 2.05) is 0 Å². The third-order valence-electron chi connectivity index (χ3n) is 3.91. The number of hydrogen-bond acceptors (Lipinski definition) is 6. The highest BCUT2D eigenvalue weighted by Crippen LogP contribution is 2.41. The van der Waals surface area contributed by atoms with Crippen molar-refractivity contribution >= 4 is 33.9 Å². The number of amides is 1. The molecule has 0 bridgehead atoms. The van der Waals surface area contributed by atoms with Gasteiger partial charge >= 0.3 is 5.97 Å². The summed E-state index contributed by atoms with van der Waals surface area (Å²) < 4.78 is 5.06. The molecule has 0 aromatic carbocycles. The summed E-state index contributed by atoms with van der Waals surface area (Å²) >= 11 is 1.18. The molecular formula is C14H21N3O3S. The Balaban J connectivity index is 2.46. The number of hydrogen-bond donors (Lipinski definition) is 2. The average molecular weight is 311 g/mol. The number of rotatable bonds is 4. The molecule has 1 amide bonds. The molecule has 21 heavy (non-hydrogen) atoms. The van der Waals surface area contributed by atoms with Crippen molar-refractivity contribution in [3.63, 3.8) is 0 Å². The van der Waals surface area contributed by atoms with E-state index in [4.69, 9.17) is 16.2 Å². The third kappa shape index (κ3) is 2.83. The largest absolute Gasteiger partial charge is 0.462 e. The third-order valence-corrected chi connectivity index (χ3v) is 5.19. The van der Waals surface area contributed by atoms with E-state index in [-0.39, 0.29) is 22.7 Å². The fourth-order valence-corrected chi connectivity index (χ4v) is 3.61. The van der Waals surface area contributed by atoms with Gasteiger partial charge in [0.1, 0.15) is 15.4 Å². The van der Waals surface area contributed by atoms with Crippen molar-refractivity contribution in [2.75, 3.05) is 30.3 Å². The molecule has 1 aromatic rings. The number of anilines is 2. The molecule has 116 valence electrons. The molecule has 1 aromatic heterocycles. The molecule has 6 nitrogen and oxygen atoms in total. The molecule has 0 spiro atoms. The Hall–Kier alpha value is -1.76. The highest BCUT2D eigenvalue weighted by molar-refractivity contribution is 7.19. The van der Waals surface area contributed by atoms with E-state index < -0.39 is 11.9 Å². The summed E-state index contributed by atoms with van der Waals surface area (Å²) in [6, 6.07) is 0. The maximum atomic E-state index is 12.2. The number of ether oxygens (including phenoxy) is 1. The fraction of sp³-hybridized carbons (Fsp3) is 0.571. The number of primary amides is 1. The number of esters is 1. The summed E-state index contributed by atoms with van der Waals surface area (Å²) in [4.78, 5) is 26.0. The van der Waals surface area contributed by atoms with E-state index in [0.717, 1.165) is 13.1 Å². The topological polar surface area (TPSA) is 98.6 Å². The first-order chi connectivity index (χ1) is 9.86. The number of nitrogens with zero attached hydrogens (tertiary/aromatic N) is 1. The molecule has 2 unspecified atom stereocenters. The Morgan fingerprint density at radius 2 is 1.90 bits per heavy atom. The number of thiophene rings is 1. The van der Waals surface area contributed by atoms with Crippen molar-refractivity contribution < 1.29 is 14.3 Å². The van der Waals surface area contributed by atoms with Gasteiger partial charge in [-0.25, -0.2) is 4.79 Å². The summed E-state index contributed by atoms with van der Waals surface area (Å²) in [6.45, 7) is 7.97. The van der Waals surface area contributed by atoms with Gasteiger partial charge in [0.2, 0.25) is 0 Å². The van der Waals surface area contributed by atoms with Gasteiger partial charge in [-0.3, -0.25) is 4.79 Å². The maximum absolute atomic E-state index is 12.2. The zero-order valence-electron chi connectivity index (χ0n) is 12.5. The monoisotopic (exact) mass is 311 g/mol. The van der Waals surface area contributed by atoms with E-state index in [9.17, 15) is 9.59 Å². The van der Waals surface area contributed by atoms with Crippen LogP contribution in [-0.2, 0) is 4.74 Å². The van der Waals surface area contributed by atoms with Crippen molar-refractivity contribution in [3.05, 3.63) is 10.4 Å². The van der Waals surface area contributed by atoms with Gasteiger partial charge in [-0.1, -0.05) is 13.8 Å². The highest BCUT2D eigenvalue weighted by atomic mass is 32.1. The molecule has 1 aliphatic rings. The van der Waals surface area contributed by atoms with Crippen LogP contribution in [-0.4, -0.2) is 31.6 Å². The lowest BCUT2D eigenvalue weighted by Crippen LogP contribution is -2.21. The van der Waals surface area contributed by atoms with Crippen molar-refractivity contribution in [1.29, 1.82) is 0 Å². The van der Waals surface area contributed by atoms with Gasteiger partial charge in [-0.05, 0) is 18.8 Å². The lowest BCUT2D eigenvalue weighted by atomic mass is 10.0. The minimum absolute atomic E-state index is 0.133. The molecule has 2 atom stereocenters. The number of nitrogen functional groups attached to an aromatic ring is 1. The summed E-state index contributed by atoms with van der Waals surface area (Å²) in [7, 11) is 0. The van der Waals surface area contributed by atoms with Crippen LogP contribution in [0.4, 0.5) is 10.7 Å². The minimum Gasteiger partial charge on any atom is -0.462 e. The summed E-state index contributed by atoms with van der Waals surface area (Å²) in [5, 5.41) is 0.691. The van der Waals surface area contributed by atoms with Gasteiger partial charge in [0.15, 0.2) is 0 Å². The van der Waals surface area contributed by atoms with E-state index in [1.54, 1.807) is 6.92 Å². The van der Waals surface area contributed by atoms with Crippen LogP contribution in [0, 0.1) is 11.8 Å². The van der Waals surface area contributed by atoms with E-state index in [2.05, 4.69) is 18.7 Å². The lowest BCUT2D eigenvalue weighted by molar-refractivity contribution is 0.0529. The number of carbonyl (C=O) groups is 2. The zero-order chi connectivity index (χ0) is 15.7. The van der Waals surface area contributed by atoms with E-state index >= 15 is 0 Å². The van der Waals surface area contributed by atoms with Crippen LogP contribution in [0.2, 0.25) is 0 Å². The second-order valence-corrected chi connectivity index (χ2v) is 6.47. The van der Waals surface area contributed by atoms with Crippen LogP contribution in [0.1, 0.15) is 40.8 Å². The van der Waals surface area contributed by atoms with Gasteiger partial charge in [-0.2, -0.15) is 0 Å². The van der Waals surface area contributed by atoms with E-state index in [1.165, 1.54) is 11.3 Å². The Labute approximate surface area is 128 Å². The van der Waals surface area contributed by atoms with Crippen LogP contribution in [0.15, 0.2) is 0 Å². The summed E-state index contributed by atoms with van der Waals surface area (Å²) in [6.07, 6.45) is 0. The molecule has 7 heteroatoms. The lowest BCUT2D eigenvalue weighted by Gasteiger charge is -2.17. The first-order valence-electron chi connectivity index (χ1n) is 7.00. The molecule has 0 saturated carbocycles. The molecule has 0 aliphatic carbocycles. The average Bonchev–Trinajstić information content (AvgIpc) is 2.91. The van der Waals surface area contributed by atoms with Crippen molar-refractivity contribution in [2.45, 2.75) is 20.8 Å². The summed E-state index contributed by atoms with van der Waals surface area (Å²) in [5.41, 5.74) is 11.7. The number of nitrogens with two attached hydrogens (primary N) is 2. The van der Waals surface area contributed by atoms with Crippen molar-refractivity contribution in [3.8, 4) is 0 Å². The van der Waals surface area contributed by atoms with Crippen molar-refractivity contribution in [1.82, 2.24) is 0 Å². The smallest absolute Gasteiger partial charge is 0.343 e. The van der Waals surface area contributed by atoms with Gasteiger partial charge < -0.3 is 21.1 Å². The van der Waals surface area contributed by atoms with Gasteiger partial charge in [0, 0.05) is 13.1 Å². The second kappa shape index (κ2) is 5.93. The number of carbonyl (C=O) groups excluding carboxylic acids is 2. The molecule has 0 radical (unpaired) electrons. The van der Waals surface area contributed by atoms with Gasteiger partial charge in [-0.15, -0.1) is 11.3 Å². The molecule has 1 saturated heterocycles. The zero-order valence-corrected chi connectivity index (χ0v) is 13.3. The molecule has 4 N–H and O–H groups in total. The molecule has 2 heterocycles. The van der Waals surface area contributed by atoms with E-state index in [0.29, 0.717) is 16.8 Å². The normalized spacial score (nSPS) is 21.6. The SMILES string of the molecule is CCOC(=O)c1c(N2CC(C)C(C)C2)sc(C(N)=O)c1N. The highest BCUT2D eigenvalue weighted by Gasteiger charge is 2.33. The Bertz CT molecular complexity index is 560. The van der Waals surface area contributed by atoms with Gasteiger partial charge in [0.25, 0.3) is 5.91 Å². The van der Waals surface area contributed by atoms with Gasteiger partial charge in [0.05, 0.1) is 12.3 Å². The first kappa shape index (κ1) is 15.6. The molecular weight excluding hydrogens is 290 g/mol. The van der Waals surface area contributed by atoms with Crippen LogP contribution in [0.5, 0.6) is 0 Å². The molecule has 1 aliphatic heterocycles. The first-order valence-corrected chi connectivity index (χ1v) is 7.82. The standard InChI is InChI=1S/C14H21N3O3S/c1-4-20-14(19)9-10(15)11(12(16)18)21-13(9)17-5-7(2)8(3)6-17/h7-8H,4-6,15H2,1-3H3,(H2,16,18). The summed E-state index contributed by atoms with van der Waals surface area (Å²) in [5.74, 6) is -0.0867. The van der Waals surface area contributed by atoms with Crippen LogP contribution >= 0.6 is 11.3 Å². The second-order valence-electron chi connectivity index (χ2n) is 5.47. The quantitative estimate of drug-likeness (QED) is 0.825.